The minimum Gasteiger partial charge on any atom is -0.404 e. The maximum atomic E-state index is 5.90. The van der Waals surface area contributed by atoms with Crippen molar-refractivity contribution in [3.05, 3.63) is 88.2 Å². The monoisotopic (exact) mass is 553 g/mol. The molecule has 0 saturated heterocycles. The zero-order chi connectivity index (χ0) is 28.8. The van der Waals surface area contributed by atoms with Crippen molar-refractivity contribution in [1.82, 2.24) is 19.6 Å². The molecular formula is C32H41N8O+. The van der Waals surface area contributed by atoms with Gasteiger partial charge in [0.15, 0.2) is 12.0 Å². The van der Waals surface area contributed by atoms with Crippen molar-refractivity contribution in [2.75, 3.05) is 26.1 Å². The van der Waals surface area contributed by atoms with E-state index in [-0.39, 0.29) is 0 Å². The molecule has 3 aromatic rings. The van der Waals surface area contributed by atoms with Crippen LogP contribution in [0.15, 0.2) is 65.1 Å². The molecule has 5 rings (SSSR count). The number of nitrogens with two attached hydrogens (primary N) is 1. The van der Waals surface area contributed by atoms with Gasteiger partial charge in [0.25, 0.3) is 0 Å². The number of allylic oxidation sites excluding steroid dienone is 4. The molecule has 0 fully saturated rings. The Morgan fingerprint density at radius 1 is 1.17 bits per heavy atom. The Labute approximate surface area is 242 Å². The number of amidine groups is 1. The third-order valence-electron chi connectivity index (χ3n) is 7.74. The molecule has 2 aliphatic rings. The van der Waals surface area contributed by atoms with Crippen LogP contribution in [0.3, 0.4) is 0 Å². The zero-order valence-electron chi connectivity index (χ0n) is 24.6. The Bertz CT molecular complexity index is 1550. The molecule has 3 heterocycles. The third kappa shape index (κ3) is 6.41. The minimum atomic E-state index is 0.728. The van der Waals surface area contributed by atoms with Crippen LogP contribution in [0.2, 0.25) is 0 Å². The second-order valence-electron chi connectivity index (χ2n) is 10.6. The molecule has 0 atom stereocenters. The van der Waals surface area contributed by atoms with Gasteiger partial charge in [-0.3, -0.25) is 14.4 Å². The molecule has 2 aromatic heterocycles. The lowest BCUT2D eigenvalue weighted by molar-refractivity contribution is -0.412. The number of benzene rings is 1. The Kier molecular flexibility index (Phi) is 8.94. The first-order chi connectivity index (χ1) is 20.0. The highest BCUT2D eigenvalue weighted by atomic mass is 16.5. The number of hydrogen-bond acceptors (Lipinski definition) is 6. The first kappa shape index (κ1) is 28.3. The molecular weight excluding hydrogens is 512 g/mol. The predicted octanol–water partition coefficient (Wildman–Crippen LogP) is 3.23. The van der Waals surface area contributed by atoms with E-state index < -0.39 is 0 Å². The van der Waals surface area contributed by atoms with Gasteiger partial charge in [-0.15, -0.1) is 0 Å². The molecule has 0 radical (unpaired) electrons. The molecule has 0 spiro atoms. The zero-order valence-corrected chi connectivity index (χ0v) is 24.6. The molecule has 9 nitrogen and oxygen atoms in total. The van der Waals surface area contributed by atoms with E-state index in [9.17, 15) is 0 Å². The van der Waals surface area contributed by atoms with Crippen molar-refractivity contribution >= 4 is 29.0 Å². The smallest absolute Gasteiger partial charge is 0.170 e. The number of fused-ring (bicyclic) bond motifs is 3. The van der Waals surface area contributed by atoms with Gasteiger partial charge in [0.1, 0.15) is 12.9 Å². The number of hydrogen-bond donors (Lipinski definition) is 3. The van der Waals surface area contributed by atoms with Crippen LogP contribution >= 0.6 is 0 Å². The number of ether oxygens (including phenoxy) is 1. The molecule has 1 aliphatic heterocycles. The standard InChI is InChI=1S/C32H40N8O/c1-22-9-12-29(36-30-13-15-40(38-30)14-6-16-41-4)35-21-25-10-11-27-32(31(22)25)28(39(3)37-27)18-23-7-5-8-24(17-23)26(19-33)20-34-2/h5,7-8,13,15,17,19-21H,6,9-12,14,16,18,33H2,1-4H3,(H,35,36,38)/p+1/b25-21-,26-19+,31-22-,34-20?. The Morgan fingerprint density at radius 3 is 2.85 bits per heavy atom. The first-order valence-corrected chi connectivity index (χ1v) is 14.3. The summed E-state index contributed by atoms with van der Waals surface area (Å²) in [6.07, 6.45) is 12.9. The van der Waals surface area contributed by atoms with E-state index >= 15 is 0 Å². The van der Waals surface area contributed by atoms with Gasteiger partial charge < -0.3 is 15.8 Å². The molecule has 9 heteroatoms. The Balaban J connectivity index is 1.40. The number of methoxy groups -OCH3 is 1. The molecule has 0 saturated carbocycles. The predicted molar refractivity (Wildman–Crippen MR) is 166 cm³/mol. The maximum absolute atomic E-state index is 5.90. The van der Waals surface area contributed by atoms with Crippen molar-refractivity contribution in [3.8, 4) is 0 Å². The van der Waals surface area contributed by atoms with E-state index in [0.717, 1.165) is 74.5 Å². The lowest BCUT2D eigenvalue weighted by Gasteiger charge is -2.24. The van der Waals surface area contributed by atoms with E-state index in [1.54, 1.807) is 13.3 Å². The summed E-state index contributed by atoms with van der Waals surface area (Å²) in [4.78, 5) is 8.00. The number of nitrogens with zero attached hydrogens (tertiary/aromatic N) is 5. The summed E-state index contributed by atoms with van der Waals surface area (Å²) in [6, 6.07) is 10.6. The quantitative estimate of drug-likeness (QED) is 0.279. The molecule has 0 amide bonds. The molecule has 4 N–H and O–H groups in total. The highest BCUT2D eigenvalue weighted by Gasteiger charge is 2.28. The van der Waals surface area contributed by atoms with Crippen LogP contribution in [-0.4, -0.2) is 52.4 Å². The van der Waals surface area contributed by atoms with Gasteiger partial charge in [-0.05, 0) is 54.9 Å². The van der Waals surface area contributed by atoms with Crippen molar-refractivity contribution in [1.29, 1.82) is 0 Å². The normalized spacial score (nSPS) is 18.8. The van der Waals surface area contributed by atoms with Crippen LogP contribution in [0, 0.1) is 0 Å². The SMILES string of the molecule is C[NH+]=C/C(=C\N)c1cccc(Cc2c3c(nn2C)CCC2=C/N=C(Nc4ccn(CCCOC)n4)CC\C(C)=C\23)c1. The molecule has 0 bridgehead atoms. The third-order valence-corrected chi connectivity index (χ3v) is 7.74. The van der Waals surface area contributed by atoms with Gasteiger partial charge >= 0.3 is 0 Å². The van der Waals surface area contributed by atoms with Gasteiger partial charge in [0, 0.05) is 70.4 Å². The van der Waals surface area contributed by atoms with E-state index in [2.05, 4.69) is 64.5 Å². The molecule has 1 aromatic carbocycles. The van der Waals surface area contributed by atoms with Gasteiger partial charge in [-0.1, -0.05) is 29.8 Å². The van der Waals surface area contributed by atoms with Crippen LogP contribution in [0.25, 0.3) is 11.1 Å². The highest BCUT2D eigenvalue weighted by Crippen LogP contribution is 2.41. The molecule has 1 aliphatic carbocycles. The fourth-order valence-electron chi connectivity index (χ4n) is 5.70. The van der Waals surface area contributed by atoms with E-state index in [1.165, 1.54) is 39.2 Å². The number of anilines is 1. The fourth-order valence-corrected chi connectivity index (χ4v) is 5.70. The van der Waals surface area contributed by atoms with Gasteiger partial charge in [-0.25, -0.2) is 4.99 Å². The van der Waals surface area contributed by atoms with Gasteiger partial charge in [0.2, 0.25) is 0 Å². The Hall–Kier alpha value is -4.24. The number of aryl methyl sites for hydroxylation is 3. The van der Waals surface area contributed by atoms with Crippen molar-refractivity contribution in [2.45, 2.75) is 52.0 Å². The van der Waals surface area contributed by atoms with E-state index in [1.807, 2.05) is 30.2 Å². The van der Waals surface area contributed by atoms with Crippen molar-refractivity contribution in [2.24, 2.45) is 17.8 Å². The van der Waals surface area contributed by atoms with Crippen LogP contribution in [0.4, 0.5) is 5.82 Å². The molecule has 41 heavy (non-hydrogen) atoms. The molecule has 214 valence electrons. The second kappa shape index (κ2) is 13.0. The highest BCUT2D eigenvalue weighted by molar-refractivity contribution is 6.06. The summed E-state index contributed by atoms with van der Waals surface area (Å²) >= 11 is 0. The molecule has 0 unspecified atom stereocenters. The number of nitrogens with one attached hydrogen (secondary N) is 2. The first-order valence-electron chi connectivity index (χ1n) is 14.3. The van der Waals surface area contributed by atoms with Crippen LogP contribution in [-0.2, 0) is 31.2 Å². The van der Waals surface area contributed by atoms with Crippen LogP contribution in [0.1, 0.15) is 60.7 Å². The van der Waals surface area contributed by atoms with Crippen LogP contribution < -0.4 is 16.0 Å². The summed E-state index contributed by atoms with van der Waals surface area (Å²) < 4.78 is 9.17. The topological polar surface area (TPSA) is 109 Å². The summed E-state index contributed by atoms with van der Waals surface area (Å²) in [5.41, 5.74) is 16.8. The van der Waals surface area contributed by atoms with E-state index in [4.69, 9.17) is 20.6 Å². The van der Waals surface area contributed by atoms with Crippen LogP contribution in [0.5, 0.6) is 0 Å². The fraction of sp³-hybridized carbons (Fsp3) is 0.375. The van der Waals surface area contributed by atoms with Gasteiger partial charge in [0.05, 0.1) is 17.0 Å². The number of aliphatic imine (C=N–C) groups is 1. The average molecular weight is 554 g/mol. The minimum absolute atomic E-state index is 0.728. The number of aromatic nitrogens is 4. The second-order valence-corrected chi connectivity index (χ2v) is 10.6. The summed E-state index contributed by atoms with van der Waals surface area (Å²) in [6.45, 7) is 3.82. The van der Waals surface area contributed by atoms with E-state index in [0.29, 0.717) is 0 Å². The van der Waals surface area contributed by atoms with Gasteiger partial charge in [-0.2, -0.15) is 10.2 Å². The Morgan fingerprint density at radius 2 is 2.05 bits per heavy atom. The number of rotatable bonds is 9. The lowest BCUT2D eigenvalue weighted by Crippen LogP contribution is -2.63. The summed E-state index contributed by atoms with van der Waals surface area (Å²) in [5, 5.41) is 13.1. The lowest BCUT2D eigenvalue weighted by atomic mass is 9.81. The maximum Gasteiger partial charge on any atom is 0.170 e. The van der Waals surface area contributed by atoms with Crippen molar-refractivity contribution in [3.63, 3.8) is 0 Å². The largest absolute Gasteiger partial charge is 0.404 e. The summed E-state index contributed by atoms with van der Waals surface area (Å²) in [7, 11) is 5.67. The summed E-state index contributed by atoms with van der Waals surface area (Å²) in [5.74, 6) is 1.76. The van der Waals surface area contributed by atoms with Crippen molar-refractivity contribution < 1.29 is 9.73 Å². The average Bonchev–Trinajstić information content (AvgIpc) is 3.55.